The van der Waals surface area contributed by atoms with E-state index in [0.717, 1.165) is 16.9 Å². The number of anilines is 1. The highest BCUT2D eigenvalue weighted by Crippen LogP contribution is 2.38. The minimum absolute atomic E-state index is 0.0958. The summed E-state index contributed by atoms with van der Waals surface area (Å²) >= 11 is 5.35. The fourth-order valence-corrected chi connectivity index (χ4v) is 3.67. The van der Waals surface area contributed by atoms with E-state index in [9.17, 15) is 4.79 Å². The van der Waals surface area contributed by atoms with E-state index in [0.29, 0.717) is 5.69 Å². The molecule has 36 heavy (non-hydrogen) atoms. The van der Waals surface area contributed by atoms with E-state index >= 15 is 0 Å². The topological polar surface area (TPSA) is 135 Å². The van der Waals surface area contributed by atoms with Crippen LogP contribution in [-0.2, 0) is 0 Å². The van der Waals surface area contributed by atoms with Crippen LogP contribution in [-0.4, -0.2) is 41.4 Å². The first kappa shape index (κ1) is 24.3. The number of nitrogens with zero attached hydrogens (tertiary/aromatic N) is 5. The number of pyridine rings is 1. The summed E-state index contributed by atoms with van der Waals surface area (Å²) in [5.74, 6) is 0.193. The van der Waals surface area contributed by atoms with Crippen LogP contribution >= 0.6 is 12.2 Å². The molecule has 12 heteroatoms. The van der Waals surface area contributed by atoms with Gasteiger partial charge < -0.3 is 23.9 Å². The molecule has 0 aliphatic heterocycles. The normalized spacial score (nSPS) is 10.3. The molecule has 0 atom stereocenters. The molecule has 1 amide bonds. The summed E-state index contributed by atoms with van der Waals surface area (Å²) in [4.78, 5) is 20.2. The molecule has 2 N–H and O–H groups in total. The van der Waals surface area contributed by atoms with Crippen LogP contribution < -0.4 is 24.8 Å². The molecule has 4 rings (SSSR count). The number of hydrogen-bond donors (Lipinski definition) is 2. The third-order valence-corrected chi connectivity index (χ3v) is 5.26. The largest absolute Gasteiger partial charge is 0.493 e. The molecule has 0 saturated heterocycles. The fourth-order valence-electron chi connectivity index (χ4n) is 3.46. The number of thiocarbonyl (C=S) groups is 1. The molecule has 182 valence electrons. The van der Waals surface area contributed by atoms with Gasteiger partial charge in [-0.1, -0.05) is 23.3 Å². The molecule has 0 aliphatic carbocycles. The third-order valence-electron chi connectivity index (χ3n) is 5.06. The number of hydrogen-bond acceptors (Lipinski definition) is 7. The van der Waals surface area contributed by atoms with E-state index in [1.54, 1.807) is 0 Å². The predicted molar refractivity (Wildman–Crippen MR) is 139 cm³/mol. The number of azide groups is 1. The maximum absolute atomic E-state index is 12.9. The zero-order chi connectivity index (χ0) is 25.5. The van der Waals surface area contributed by atoms with E-state index in [4.69, 9.17) is 32.0 Å². The number of amides is 1. The van der Waals surface area contributed by atoms with Crippen LogP contribution in [0.1, 0.15) is 10.4 Å². The van der Waals surface area contributed by atoms with E-state index < -0.39 is 5.91 Å². The monoisotopic (exact) mass is 503 g/mol. The Balaban J connectivity index is 1.49. The Labute approximate surface area is 211 Å². The van der Waals surface area contributed by atoms with Crippen molar-refractivity contribution in [3.05, 3.63) is 83.0 Å². The number of rotatable bonds is 8. The molecule has 0 radical (unpaired) electrons. The van der Waals surface area contributed by atoms with Crippen molar-refractivity contribution in [2.45, 2.75) is 0 Å². The van der Waals surface area contributed by atoms with Crippen molar-refractivity contribution in [1.29, 1.82) is 0 Å². The van der Waals surface area contributed by atoms with Crippen molar-refractivity contribution in [2.24, 2.45) is 5.11 Å². The number of imidazole rings is 1. The van der Waals surface area contributed by atoms with E-state index in [2.05, 4.69) is 25.6 Å². The Kier molecular flexibility index (Phi) is 7.49. The number of nitrogens with one attached hydrogen (secondary N) is 2. The molecule has 11 nitrogen and oxygen atoms in total. The van der Waals surface area contributed by atoms with Crippen LogP contribution in [0.2, 0.25) is 0 Å². The Hall–Kier alpha value is -4.80. The highest BCUT2D eigenvalue weighted by Gasteiger charge is 2.18. The second kappa shape index (κ2) is 11.1. The molecule has 0 bridgehead atoms. The molecule has 0 unspecified atom stereocenters. The molecule has 2 heterocycles. The lowest BCUT2D eigenvalue weighted by Gasteiger charge is -2.15. The molecule has 4 aromatic rings. The maximum atomic E-state index is 12.9. The van der Waals surface area contributed by atoms with Gasteiger partial charge in [0.05, 0.1) is 19.9 Å². The van der Waals surface area contributed by atoms with Gasteiger partial charge in [0, 0.05) is 34.1 Å². The first-order chi connectivity index (χ1) is 17.5. The average molecular weight is 504 g/mol. The number of aromatic nitrogens is 2. The molecular formula is C24H21N7O4S. The van der Waals surface area contributed by atoms with Gasteiger partial charge in [0.15, 0.2) is 23.3 Å². The maximum Gasteiger partial charge on any atom is 0.257 e. The van der Waals surface area contributed by atoms with Crippen LogP contribution in [0.3, 0.4) is 0 Å². The average Bonchev–Trinajstić information content (AvgIpc) is 3.33. The predicted octanol–water partition coefficient (Wildman–Crippen LogP) is 4.79. The number of ether oxygens (including phenoxy) is 3. The number of benzene rings is 2. The lowest BCUT2D eigenvalue weighted by molar-refractivity contribution is 0.0976. The summed E-state index contributed by atoms with van der Waals surface area (Å²) in [6, 6.07) is 16.2. The summed E-state index contributed by atoms with van der Waals surface area (Å²) in [6.45, 7) is -0.288. The number of carbonyl (C=O) groups excluding carboxylic acids is 1. The SMILES string of the molecule is COc1cc(C(=O)NC(=S)Nc2cccc(-c3cn4ccccc4n3)c2)cc(OCN=[N+]=[N-])c1OC. The molecule has 0 spiro atoms. The molecule has 0 fully saturated rings. The second-order valence-electron chi connectivity index (χ2n) is 7.30. The first-order valence-electron chi connectivity index (χ1n) is 10.6. The van der Waals surface area contributed by atoms with Crippen molar-refractivity contribution in [2.75, 3.05) is 26.3 Å². The zero-order valence-corrected chi connectivity index (χ0v) is 20.2. The van der Waals surface area contributed by atoms with Crippen LogP contribution in [0, 0.1) is 0 Å². The summed E-state index contributed by atoms with van der Waals surface area (Å²) in [5, 5.41) is 9.08. The van der Waals surface area contributed by atoms with Crippen molar-refractivity contribution >= 4 is 34.6 Å². The van der Waals surface area contributed by atoms with E-state index in [1.165, 1.54) is 26.4 Å². The quantitative estimate of drug-likeness (QED) is 0.153. The lowest BCUT2D eigenvalue weighted by Crippen LogP contribution is -2.34. The molecular weight excluding hydrogens is 482 g/mol. The summed E-state index contributed by atoms with van der Waals surface area (Å²) < 4.78 is 18.0. The van der Waals surface area contributed by atoms with Gasteiger partial charge in [0.2, 0.25) is 5.75 Å². The van der Waals surface area contributed by atoms with Gasteiger partial charge in [0.25, 0.3) is 5.91 Å². The van der Waals surface area contributed by atoms with Gasteiger partial charge in [-0.2, -0.15) is 0 Å². The number of methoxy groups -OCH3 is 2. The molecule has 2 aromatic heterocycles. The molecule has 0 saturated carbocycles. The number of fused-ring (bicyclic) bond motifs is 1. The Morgan fingerprint density at radius 3 is 2.72 bits per heavy atom. The standard InChI is InChI=1S/C24H21N7O4S/c1-33-19-11-16(12-20(22(19)34-2)35-14-26-30-25)23(32)29-24(36)27-17-7-5-6-15(10-17)18-13-31-9-4-3-8-21(31)28-18/h3-13H,14H2,1-2H3,(H2,27,29,32,36). The van der Waals surface area contributed by atoms with Gasteiger partial charge in [-0.05, 0) is 54.1 Å². The van der Waals surface area contributed by atoms with Crippen molar-refractivity contribution < 1.29 is 19.0 Å². The van der Waals surface area contributed by atoms with Crippen LogP contribution in [0.25, 0.3) is 27.3 Å². The van der Waals surface area contributed by atoms with Crippen molar-refractivity contribution in [1.82, 2.24) is 14.7 Å². The Bertz CT molecular complexity index is 1450. The van der Waals surface area contributed by atoms with Crippen molar-refractivity contribution in [3.8, 4) is 28.5 Å². The highest BCUT2D eigenvalue weighted by atomic mass is 32.1. The smallest absolute Gasteiger partial charge is 0.257 e. The summed E-state index contributed by atoms with van der Waals surface area (Å²) in [7, 11) is 2.86. The second-order valence-corrected chi connectivity index (χ2v) is 7.70. The minimum atomic E-state index is -0.501. The zero-order valence-electron chi connectivity index (χ0n) is 19.3. The first-order valence-corrected chi connectivity index (χ1v) is 11.0. The van der Waals surface area contributed by atoms with Gasteiger partial charge in [0.1, 0.15) is 5.65 Å². The molecule has 0 aliphatic rings. The van der Waals surface area contributed by atoms with Crippen LogP contribution in [0.4, 0.5) is 5.69 Å². The Morgan fingerprint density at radius 2 is 1.97 bits per heavy atom. The summed E-state index contributed by atoms with van der Waals surface area (Å²) in [6.07, 6.45) is 3.87. The lowest BCUT2D eigenvalue weighted by atomic mass is 10.1. The highest BCUT2D eigenvalue weighted by molar-refractivity contribution is 7.80. The van der Waals surface area contributed by atoms with Gasteiger partial charge in [-0.15, -0.1) is 0 Å². The fraction of sp³-hybridized carbons (Fsp3) is 0.125. The van der Waals surface area contributed by atoms with Gasteiger partial charge in [-0.3, -0.25) is 10.1 Å². The molecule has 2 aromatic carbocycles. The van der Waals surface area contributed by atoms with E-state index in [-0.39, 0.29) is 34.7 Å². The minimum Gasteiger partial charge on any atom is -0.493 e. The number of carbonyl (C=O) groups is 1. The van der Waals surface area contributed by atoms with Crippen LogP contribution in [0.15, 0.2) is 72.1 Å². The van der Waals surface area contributed by atoms with Crippen molar-refractivity contribution in [3.63, 3.8) is 0 Å². The Morgan fingerprint density at radius 1 is 1.14 bits per heavy atom. The van der Waals surface area contributed by atoms with E-state index in [1.807, 2.05) is 59.3 Å². The van der Waals surface area contributed by atoms with Crippen LogP contribution in [0.5, 0.6) is 17.2 Å². The van der Waals surface area contributed by atoms with Gasteiger partial charge >= 0.3 is 0 Å². The summed E-state index contributed by atoms with van der Waals surface area (Å²) in [5.41, 5.74) is 11.9. The van der Waals surface area contributed by atoms with Gasteiger partial charge in [-0.25, -0.2) is 4.98 Å². The third kappa shape index (κ3) is 5.46.